The van der Waals surface area contributed by atoms with Crippen LogP contribution < -0.4 is 0 Å². The van der Waals surface area contributed by atoms with Gasteiger partial charge in [-0.1, -0.05) is 122 Å². The molecule has 2 fully saturated rings. The van der Waals surface area contributed by atoms with E-state index < -0.39 is 0 Å². The van der Waals surface area contributed by atoms with Crippen molar-refractivity contribution < 1.29 is 10.2 Å². The fourth-order valence-electron chi connectivity index (χ4n) is 11.5. The number of rotatable bonds is 2. The van der Waals surface area contributed by atoms with Crippen LogP contribution in [0.25, 0.3) is 11.1 Å². The summed E-state index contributed by atoms with van der Waals surface area (Å²) in [6.45, 7) is 26.3. The Morgan fingerprint density at radius 3 is 1.09 bits per heavy atom. The molecule has 3 aliphatic heterocycles. The molecule has 6 nitrogen and oxygen atoms in total. The Bertz CT molecular complexity index is 2470. The van der Waals surface area contributed by atoms with Crippen LogP contribution in [0.2, 0.25) is 0 Å². The maximum Gasteiger partial charge on any atom is 0.123 e. The van der Waals surface area contributed by atoms with E-state index in [1.807, 2.05) is 0 Å². The van der Waals surface area contributed by atoms with Crippen LogP contribution in [0.4, 0.5) is 0 Å². The first kappa shape index (κ1) is 44.1. The minimum absolute atomic E-state index is 0.256. The zero-order valence-electron chi connectivity index (χ0n) is 40.8. The summed E-state index contributed by atoms with van der Waals surface area (Å²) in [5.74, 6) is 0.771. The van der Waals surface area contributed by atoms with Crippen molar-refractivity contribution >= 4 is 22.6 Å². The molecule has 2 aromatic carbocycles. The predicted molar refractivity (Wildman–Crippen MR) is 267 cm³/mol. The lowest BCUT2D eigenvalue weighted by Crippen LogP contribution is -2.38. The summed E-state index contributed by atoms with van der Waals surface area (Å²) in [5, 5.41) is 23.8. The maximum absolute atomic E-state index is 11.9. The van der Waals surface area contributed by atoms with Crippen LogP contribution in [0.1, 0.15) is 203 Å². The summed E-state index contributed by atoms with van der Waals surface area (Å²) in [6, 6.07) is 18.1. The number of aliphatic imine (C=N–C) groups is 2. The summed E-state index contributed by atoms with van der Waals surface area (Å²) >= 11 is 0. The van der Waals surface area contributed by atoms with E-state index in [0.29, 0.717) is 11.5 Å². The molecule has 64 heavy (non-hydrogen) atoms. The second-order valence-corrected chi connectivity index (χ2v) is 23.9. The van der Waals surface area contributed by atoms with Gasteiger partial charge in [-0.3, -0.25) is 9.98 Å². The highest BCUT2D eigenvalue weighted by Gasteiger charge is 2.44. The number of H-pyrrole nitrogens is 2. The van der Waals surface area contributed by atoms with Crippen LogP contribution in [-0.4, -0.2) is 31.6 Å². The van der Waals surface area contributed by atoms with E-state index in [4.69, 9.17) is 9.98 Å². The van der Waals surface area contributed by atoms with Gasteiger partial charge in [0, 0.05) is 56.2 Å². The SMILES string of the molecule is CC(C)(C)c1cc(/C2=C3\C=CC(=N3)C3(CCCCC3)C3=N/C(=C(/c4cc(C(C)(C)C)c(O)c(C(C)(C)C)c4)c4ccc([nH]4)C4(CCCCC4)c4ccc2[nH]4)C=C3)cc(C(C)(C)C)c1O. The topological polar surface area (TPSA) is 96.8 Å². The summed E-state index contributed by atoms with van der Waals surface area (Å²) in [4.78, 5) is 19.6. The number of hydrogen-bond acceptors (Lipinski definition) is 4. The molecule has 2 aliphatic carbocycles. The zero-order chi connectivity index (χ0) is 45.8. The Kier molecular flexibility index (Phi) is 10.5. The number of allylic oxidation sites excluding steroid dienone is 4. The van der Waals surface area contributed by atoms with Gasteiger partial charge in [0.15, 0.2) is 0 Å². The van der Waals surface area contributed by atoms with Crippen molar-refractivity contribution in [1.29, 1.82) is 0 Å². The van der Waals surface area contributed by atoms with Gasteiger partial charge >= 0.3 is 0 Å². The van der Waals surface area contributed by atoms with Gasteiger partial charge in [0.1, 0.15) is 11.5 Å². The van der Waals surface area contributed by atoms with Gasteiger partial charge in [0.25, 0.3) is 0 Å². The lowest BCUT2D eigenvalue weighted by atomic mass is 9.67. The molecule has 4 aromatic rings. The van der Waals surface area contributed by atoms with Gasteiger partial charge < -0.3 is 20.2 Å². The molecular weight excluding hydrogens is 785 g/mol. The standard InChI is InChI=1S/C58H72N4O2/c1-53(2,3)37-31-35(32-38(51(37)63)54(4,5)6)49-41-19-23-45(59-41)57(27-15-13-16-28-57)47-25-21-43(61-47)50(36-33-39(55(7,8)9)52(64)40(34-36)56(10,11)12)44-22-26-48(62-44)58(29-17-14-18-30-58)46-24-20-42(49)60-46/h19-26,31-34,59,61,63-64H,13-18,27-30H2,1-12H3/b49-42-,50-44-. The molecule has 0 atom stereocenters. The second kappa shape index (κ2) is 15.2. The summed E-state index contributed by atoms with van der Waals surface area (Å²) in [7, 11) is 0. The molecule has 0 radical (unpaired) electrons. The quantitative estimate of drug-likeness (QED) is 0.162. The summed E-state index contributed by atoms with van der Waals surface area (Å²) < 4.78 is 0. The number of hydrogen-bond donors (Lipinski definition) is 4. The molecule has 6 heteroatoms. The Morgan fingerprint density at radius 2 is 0.766 bits per heavy atom. The van der Waals surface area contributed by atoms with Crippen molar-refractivity contribution in [3.05, 3.63) is 140 Å². The Morgan fingerprint density at radius 1 is 0.438 bits per heavy atom. The van der Waals surface area contributed by atoms with Gasteiger partial charge in [-0.15, -0.1) is 0 Å². The number of nitrogens with zero attached hydrogens (tertiary/aromatic N) is 2. The number of nitrogens with one attached hydrogen (secondary N) is 2. The highest BCUT2D eigenvalue weighted by atomic mass is 16.3. The van der Waals surface area contributed by atoms with E-state index in [-0.39, 0.29) is 32.5 Å². The van der Waals surface area contributed by atoms with Crippen LogP contribution in [-0.2, 0) is 27.1 Å². The fourth-order valence-corrected chi connectivity index (χ4v) is 11.5. The van der Waals surface area contributed by atoms with E-state index in [2.05, 4.69) is 166 Å². The highest BCUT2D eigenvalue weighted by molar-refractivity contribution is 6.23. The number of aromatic nitrogens is 2. The molecule has 2 spiro atoms. The normalized spacial score (nSPS) is 22.1. The first-order valence-corrected chi connectivity index (χ1v) is 24.2. The average Bonchev–Trinajstić information content (AvgIpc) is 4.07. The first-order valence-electron chi connectivity index (χ1n) is 24.2. The van der Waals surface area contributed by atoms with Crippen molar-refractivity contribution in [1.82, 2.24) is 9.97 Å². The largest absolute Gasteiger partial charge is 0.507 e. The number of phenolic OH excluding ortho intramolecular Hbond substituents is 2. The summed E-state index contributed by atoms with van der Waals surface area (Å²) in [6.07, 6.45) is 20.0. The van der Waals surface area contributed by atoms with Crippen molar-refractivity contribution in [3.63, 3.8) is 0 Å². The molecule has 2 aromatic heterocycles. The molecule has 0 unspecified atom stereocenters. The number of fused-ring (bicyclic) bond motifs is 10. The number of aromatic hydroxyl groups is 2. The van der Waals surface area contributed by atoms with Crippen LogP contribution in [0.3, 0.4) is 0 Å². The van der Waals surface area contributed by atoms with E-state index in [0.717, 1.165) is 130 Å². The predicted octanol–water partition coefficient (Wildman–Crippen LogP) is 14.7. The van der Waals surface area contributed by atoms with E-state index >= 15 is 0 Å². The Labute approximate surface area is 382 Å². The number of phenols is 2. The molecule has 336 valence electrons. The summed E-state index contributed by atoms with van der Waals surface area (Å²) in [5.41, 5.74) is 14.8. The van der Waals surface area contributed by atoms with Gasteiger partial charge in [-0.2, -0.15) is 0 Å². The molecule has 8 bridgehead atoms. The van der Waals surface area contributed by atoms with Gasteiger partial charge in [0.2, 0.25) is 0 Å². The fraction of sp³-hybridized carbons (Fsp3) is 0.483. The van der Waals surface area contributed by atoms with Crippen LogP contribution in [0, 0.1) is 5.41 Å². The Balaban J connectivity index is 1.36. The van der Waals surface area contributed by atoms with E-state index in [9.17, 15) is 10.2 Å². The maximum atomic E-state index is 11.9. The molecule has 9 rings (SSSR count). The molecular formula is C58H72N4O2. The smallest absolute Gasteiger partial charge is 0.123 e. The lowest BCUT2D eigenvalue weighted by Gasteiger charge is -2.36. The van der Waals surface area contributed by atoms with Crippen molar-refractivity contribution in [2.45, 2.75) is 174 Å². The first-order chi connectivity index (χ1) is 30.0. The molecule has 0 saturated heterocycles. The molecule has 2 saturated carbocycles. The lowest BCUT2D eigenvalue weighted by molar-refractivity contribution is 0.333. The second-order valence-electron chi connectivity index (χ2n) is 23.9. The minimum Gasteiger partial charge on any atom is -0.507 e. The van der Waals surface area contributed by atoms with Gasteiger partial charge in [-0.05, 0) is 131 Å². The number of benzene rings is 2. The minimum atomic E-state index is -0.347. The van der Waals surface area contributed by atoms with Crippen molar-refractivity contribution in [2.75, 3.05) is 0 Å². The molecule has 5 aliphatic rings. The third-order valence-electron chi connectivity index (χ3n) is 15.2. The average molecular weight is 857 g/mol. The van der Waals surface area contributed by atoms with E-state index in [1.165, 1.54) is 24.2 Å². The van der Waals surface area contributed by atoms with Crippen molar-refractivity contribution in [2.24, 2.45) is 15.4 Å². The molecule has 5 heterocycles. The van der Waals surface area contributed by atoms with Crippen LogP contribution in [0.15, 0.2) is 94.2 Å². The highest BCUT2D eigenvalue weighted by Crippen LogP contribution is 2.51. The third-order valence-corrected chi connectivity index (χ3v) is 15.2. The van der Waals surface area contributed by atoms with Gasteiger partial charge in [-0.25, -0.2) is 0 Å². The zero-order valence-corrected chi connectivity index (χ0v) is 40.8. The Hall–Kier alpha value is -5.10. The molecule has 4 N–H and O–H groups in total. The van der Waals surface area contributed by atoms with Crippen LogP contribution >= 0.6 is 0 Å². The number of aromatic amines is 2. The molecule has 0 amide bonds. The van der Waals surface area contributed by atoms with Gasteiger partial charge in [0.05, 0.1) is 33.6 Å². The monoisotopic (exact) mass is 857 g/mol. The van der Waals surface area contributed by atoms with Crippen LogP contribution in [0.5, 0.6) is 11.5 Å². The third kappa shape index (κ3) is 7.41. The van der Waals surface area contributed by atoms with Crippen molar-refractivity contribution in [3.8, 4) is 11.5 Å². The van der Waals surface area contributed by atoms with E-state index in [1.54, 1.807) is 0 Å².